The Morgan fingerprint density at radius 2 is 2.00 bits per heavy atom. The minimum atomic E-state index is -0.0490. The third-order valence-electron chi connectivity index (χ3n) is 4.77. The number of amides is 1. The van der Waals surface area contributed by atoms with Crippen LogP contribution in [0, 0.1) is 0 Å². The van der Waals surface area contributed by atoms with Gasteiger partial charge in [0.15, 0.2) is 0 Å². The number of carbonyl (C=O) groups excluding carboxylic acids is 1. The zero-order valence-electron chi connectivity index (χ0n) is 14.0. The Kier molecular flexibility index (Phi) is 4.39. The van der Waals surface area contributed by atoms with E-state index in [9.17, 15) is 9.90 Å². The van der Waals surface area contributed by atoms with Crippen LogP contribution in [0.2, 0.25) is 5.02 Å². The SMILES string of the molecule is O=C(c1cc(-c2ccc(O)cc2)n[nH]1)N1CC[C@H](c2cccc(Cl)c2)C1. The second-order valence-electron chi connectivity index (χ2n) is 6.51. The molecule has 3 aromatic rings. The number of phenols is 1. The molecule has 1 saturated heterocycles. The molecule has 1 fully saturated rings. The zero-order valence-corrected chi connectivity index (χ0v) is 14.8. The monoisotopic (exact) mass is 367 g/mol. The van der Waals surface area contributed by atoms with E-state index in [1.54, 1.807) is 30.3 Å². The van der Waals surface area contributed by atoms with Crippen LogP contribution < -0.4 is 0 Å². The Morgan fingerprint density at radius 1 is 1.19 bits per heavy atom. The molecule has 1 aromatic heterocycles. The fourth-order valence-corrected chi connectivity index (χ4v) is 3.56. The summed E-state index contributed by atoms with van der Waals surface area (Å²) in [7, 11) is 0. The lowest BCUT2D eigenvalue weighted by molar-refractivity contribution is 0.0785. The normalized spacial score (nSPS) is 16.8. The van der Waals surface area contributed by atoms with E-state index >= 15 is 0 Å². The molecule has 2 N–H and O–H groups in total. The van der Waals surface area contributed by atoms with Gasteiger partial charge in [-0.1, -0.05) is 23.7 Å². The first-order valence-electron chi connectivity index (χ1n) is 8.50. The molecule has 0 bridgehead atoms. The highest BCUT2D eigenvalue weighted by Gasteiger charge is 2.29. The van der Waals surface area contributed by atoms with Gasteiger partial charge in [0, 0.05) is 29.6 Å². The maximum atomic E-state index is 12.8. The first-order chi connectivity index (χ1) is 12.6. The van der Waals surface area contributed by atoms with E-state index in [0.717, 1.165) is 17.0 Å². The Labute approximate surface area is 156 Å². The third-order valence-corrected chi connectivity index (χ3v) is 5.00. The lowest BCUT2D eigenvalue weighted by atomic mass is 9.99. The highest BCUT2D eigenvalue weighted by atomic mass is 35.5. The van der Waals surface area contributed by atoms with E-state index in [0.29, 0.717) is 30.4 Å². The minimum absolute atomic E-state index is 0.0490. The second-order valence-corrected chi connectivity index (χ2v) is 6.94. The molecule has 5 nitrogen and oxygen atoms in total. The summed E-state index contributed by atoms with van der Waals surface area (Å²) in [5.74, 6) is 0.453. The Hall–Kier alpha value is -2.79. The highest BCUT2D eigenvalue weighted by Crippen LogP contribution is 2.30. The number of rotatable bonds is 3. The quantitative estimate of drug-likeness (QED) is 0.733. The van der Waals surface area contributed by atoms with Gasteiger partial charge in [-0.25, -0.2) is 0 Å². The number of hydrogen-bond donors (Lipinski definition) is 2. The van der Waals surface area contributed by atoms with Crippen molar-refractivity contribution in [3.05, 3.63) is 70.9 Å². The van der Waals surface area contributed by atoms with Crippen molar-refractivity contribution in [1.29, 1.82) is 0 Å². The number of benzene rings is 2. The van der Waals surface area contributed by atoms with E-state index in [-0.39, 0.29) is 11.7 Å². The summed E-state index contributed by atoms with van der Waals surface area (Å²) < 4.78 is 0. The first kappa shape index (κ1) is 16.7. The lowest BCUT2D eigenvalue weighted by Crippen LogP contribution is -2.28. The van der Waals surface area contributed by atoms with E-state index in [2.05, 4.69) is 16.3 Å². The molecule has 1 aliphatic rings. The van der Waals surface area contributed by atoms with Crippen molar-refractivity contribution in [2.45, 2.75) is 12.3 Å². The van der Waals surface area contributed by atoms with Crippen LogP contribution in [0.4, 0.5) is 0 Å². The average molecular weight is 368 g/mol. The minimum Gasteiger partial charge on any atom is -0.508 e. The summed E-state index contributed by atoms with van der Waals surface area (Å²) in [6, 6.07) is 16.3. The van der Waals surface area contributed by atoms with Gasteiger partial charge in [0.25, 0.3) is 5.91 Å². The number of halogens is 1. The maximum Gasteiger partial charge on any atom is 0.271 e. The number of nitrogens with zero attached hydrogens (tertiary/aromatic N) is 2. The molecular formula is C20H18ClN3O2. The molecule has 1 amide bonds. The predicted octanol–water partition coefficient (Wildman–Crippen LogP) is 4.07. The van der Waals surface area contributed by atoms with Crippen LogP contribution in [-0.2, 0) is 0 Å². The van der Waals surface area contributed by atoms with Gasteiger partial charge in [0.2, 0.25) is 0 Å². The van der Waals surface area contributed by atoms with Crippen LogP contribution in [0.25, 0.3) is 11.3 Å². The van der Waals surface area contributed by atoms with Crippen molar-refractivity contribution in [2.75, 3.05) is 13.1 Å². The van der Waals surface area contributed by atoms with Crippen molar-refractivity contribution in [1.82, 2.24) is 15.1 Å². The molecule has 26 heavy (non-hydrogen) atoms. The topological polar surface area (TPSA) is 69.2 Å². The summed E-state index contributed by atoms with van der Waals surface area (Å²) in [5, 5.41) is 17.2. The van der Waals surface area contributed by atoms with Crippen LogP contribution in [0.1, 0.15) is 28.4 Å². The Morgan fingerprint density at radius 3 is 2.77 bits per heavy atom. The number of H-pyrrole nitrogens is 1. The fourth-order valence-electron chi connectivity index (χ4n) is 3.36. The van der Waals surface area contributed by atoms with Crippen molar-refractivity contribution < 1.29 is 9.90 Å². The fraction of sp³-hybridized carbons (Fsp3) is 0.200. The summed E-state index contributed by atoms with van der Waals surface area (Å²) >= 11 is 6.08. The molecular weight excluding hydrogens is 350 g/mol. The largest absolute Gasteiger partial charge is 0.508 e. The van der Waals surface area contributed by atoms with Crippen LogP contribution in [-0.4, -0.2) is 39.2 Å². The molecule has 1 atom stereocenters. The van der Waals surface area contributed by atoms with Crippen LogP contribution in [0.5, 0.6) is 5.75 Å². The van der Waals surface area contributed by atoms with E-state index < -0.39 is 0 Å². The standard InChI is InChI=1S/C20H18ClN3O2/c21-16-3-1-2-14(10-16)15-8-9-24(12-15)20(26)19-11-18(22-23-19)13-4-6-17(25)7-5-13/h1-7,10-11,15,25H,8-9,12H2,(H,22,23)/t15-/m0/s1. The van der Waals surface area contributed by atoms with E-state index in [4.69, 9.17) is 11.6 Å². The van der Waals surface area contributed by atoms with Gasteiger partial charge in [-0.3, -0.25) is 9.89 Å². The molecule has 0 radical (unpaired) electrons. The lowest BCUT2D eigenvalue weighted by Gasteiger charge is -2.15. The number of phenolic OH excluding ortho intramolecular Hbond substituents is 1. The summed E-state index contributed by atoms with van der Waals surface area (Å²) in [4.78, 5) is 14.6. The molecule has 1 aliphatic heterocycles. The number of likely N-dealkylation sites (tertiary alicyclic amines) is 1. The summed E-state index contributed by atoms with van der Waals surface area (Å²) in [6.07, 6.45) is 0.922. The first-order valence-corrected chi connectivity index (χ1v) is 8.87. The summed E-state index contributed by atoms with van der Waals surface area (Å²) in [5.41, 5.74) is 3.16. The van der Waals surface area contributed by atoms with Gasteiger partial charge in [-0.2, -0.15) is 5.10 Å². The van der Waals surface area contributed by atoms with Gasteiger partial charge < -0.3 is 10.0 Å². The molecule has 0 saturated carbocycles. The van der Waals surface area contributed by atoms with Gasteiger partial charge in [0.1, 0.15) is 11.4 Å². The van der Waals surface area contributed by atoms with Crippen LogP contribution in [0.15, 0.2) is 54.6 Å². The van der Waals surface area contributed by atoms with Crippen LogP contribution in [0.3, 0.4) is 0 Å². The Bertz CT molecular complexity index is 936. The van der Waals surface area contributed by atoms with Crippen molar-refractivity contribution >= 4 is 17.5 Å². The second kappa shape index (κ2) is 6.84. The van der Waals surface area contributed by atoms with Gasteiger partial charge in [0.05, 0.1) is 5.69 Å². The van der Waals surface area contributed by atoms with E-state index in [1.165, 1.54) is 5.56 Å². The third kappa shape index (κ3) is 3.30. The van der Waals surface area contributed by atoms with Crippen molar-refractivity contribution in [3.63, 3.8) is 0 Å². The number of aromatic amines is 1. The van der Waals surface area contributed by atoms with Gasteiger partial charge in [-0.05, 0) is 54.4 Å². The van der Waals surface area contributed by atoms with Gasteiger partial charge in [-0.15, -0.1) is 0 Å². The number of carbonyl (C=O) groups is 1. The molecule has 0 spiro atoms. The number of hydrogen-bond acceptors (Lipinski definition) is 3. The van der Waals surface area contributed by atoms with E-state index in [1.807, 2.05) is 23.1 Å². The van der Waals surface area contributed by atoms with Crippen molar-refractivity contribution in [3.8, 4) is 17.0 Å². The molecule has 4 rings (SSSR count). The number of aromatic nitrogens is 2. The van der Waals surface area contributed by atoms with Crippen molar-refractivity contribution in [2.24, 2.45) is 0 Å². The molecule has 132 valence electrons. The zero-order chi connectivity index (χ0) is 18.1. The highest BCUT2D eigenvalue weighted by molar-refractivity contribution is 6.30. The predicted molar refractivity (Wildman–Crippen MR) is 100 cm³/mol. The number of aromatic hydroxyl groups is 1. The molecule has 6 heteroatoms. The summed E-state index contributed by atoms with van der Waals surface area (Å²) in [6.45, 7) is 1.39. The molecule has 0 aliphatic carbocycles. The molecule has 2 aromatic carbocycles. The average Bonchev–Trinajstić information content (AvgIpc) is 3.32. The van der Waals surface area contributed by atoms with Crippen LogP contribution >= 0.6 is 11.6 Å². The molecule has 0 unspecified atom stereocenters. The smallest absolute Gasteiger partial charge is 0.271 e. The Balaban J connectivity index is 1.48. The van der Waals surface area contributed by atoms with Gasteiger partial charge >= 0.3 is 0 Å². The molecule has 2 heterocycles. The maximum absolute atomic E-state index is 12.8. The number of nitrogens with one attached hydrogen (secondary N) is 1.